The number of thioether (sulfide) groups is 1. The average molecular weight is 636 g/mol. The summed E-state index contributed by atoms with van der Waals surface area (Å²) in [6, 6.07) is 28.1. The van der Waals surface area contributed by atoms with Gasteiger partial charge in [0.05, 0.1) is 41.3 Å². The summed E-state index contributed by atoms with van der Waals surface area (Å²) in [7, 11) is 0. The van der Waals surface area contributed by atoms with E-state index in [1.807, 2.05) is 30.3 Å². The predicted octanol–water partition coefficient (Wildman–Crippen LogP) is 5.24. The number of phenolic OH excluding ortho intramolecular Hbond substituents is 1. The number of aromatic hydroxyl groups is 1. The highest BCUT2D eigenvalue weighted by Gasteiger charge is 2.40. The molecule has 7 rings (SSSR count). The number of hydrogen-bond donors (Lipinski definition) is 2. The summed E-state index contributed by atoms with van der Waals surface area (Å²) in [5.41, 5.74) is 4.25. The normalized spacial score (nSPS) is 21.0. The van der Waals surface area contributed by atoms with Gasteiger partial charge in [-0.2, -0.15) is 4.68 Å². The molecule has 0 saturated carbocycles. The second-order valence-electron chi connectivity index (χ2n) is 11.1. The monoisotopic (exact) mass is 635 g/mol. The molecule has 0 radical (unpaired) electrons. The number of carbonyl (C=O) groups is 2. The number of nitrogens with zero attached hydrogens (tertiary/aromatic N) is 5. The summed E-state index contributed by atoms with van der Waals surface area (Å²) >= 11 is 1.43. The van der Waals surface area contributed by atoms with Gasteiger partial charge in [0, 0.05) is 17.2 Å². The van der Waals surface area contributed by atoms with Crippen LogP contribution < -0.4 is 4.90 Å². The van der Waals surface area contributed by atoms with Crippen molar-refractivity contribution in [3.05, 3.63) is 125 Å². The zero-order chi connectivity index (χ0) is 31.8. The van der Waals surface area contributed by atoms with Gasteiger partial charge in [0.1, 0.15) is 5.75 Å². The molecule has 0 bridgehead atoms. The molecule has 0 unspecified atom stereocenters. The first kappa shape index (κ1) is 29.8. The Kier molecular flexibility index (Phi) is 8.09. The molecule has 1 saturated heterocycles. The Bertz CT molecular complexity index is 1860. The Hall–Kier alpha value is -4.88. The summed E-state index contributed by atoms with van der Waals surface area (Å²) in [6.07, 6.45) is -1.50. The molecule has 2 N–H and O–H groups in total. The molecule has 0 spiro atoms. The number of benzene rings is 4. The third kappa shape index (κ3) is 5.56. The number of tetrazole rings is 1. The smallest absolute Gasteiger partial charge is 0.266 e. The zero-order valence-corrected chi connectivity index (χ0v) is 25.4. The first-order chi connectivity index (χ1) is 22.4. The second-order valence-corrected chi connectivity index (χ2v) is 12.1. The highest BCUT2D eigenvalue weighted by Crippen LogP contribution is 2.43. The van der Waals surface area contributed by atoms with E-state index in [9.17, 15) is 19.8 Å². The maximum absolute atomic E-state index is 13.2. The molecule has 4 atom stereocenters. The van der Waals surface area contributed by atoms with Gasteiger partial charge in [0.25, 0.3) is 11.8 Å². The average Bonchev–Trinajstić information content (AvgIpc) is 3.66. The quantitative estimate of drug-likeness (QED) is 0.172. The minimum absolute atomic E-state index is 0.0628. The Morgan fingerprint density at radius 1 is 0.826 bits per heavy atom. The van der Waals surface area contributed by atoms with Crippen LogP contribution in [0.2, 0.25) is 0 Å². The molecule has 232 valence electrons. The first-order valence-corrected chi connectivity index (χ1v) is 15.7. The van der Waals surface area contributed by atoms with Crippen LogP contribution in [0.3, 0.4) is 0 Å². The molecule has 5 aromatic rings. The Labute approximate surface area is 268 Å². The maximum atomic E-state index is 13.2. The van der Waals surface area contributed by atoms with Crippen molar-refractivity contribution < 1.29 is 29.3 Å². The van der Waals surface area contributed by atoms with Crippen LogP contribution in [-0.4, -0.2) is 54.1 Å². The van der Waals surface area contributed by atoms with Crippen molar-refractivity contribution in [2.24, 2.45) is 5.92 Å². The van der Waals surface area contributed by atoms with Crippen molar-refractivity contribution in [1.82, 2.24) is 20.2 Å². The minimum Gasteiger partial charge on any atom is -0.508 e. The molecular formula is C34H29N5O6S. The summed E-state index contributed by atoms with van der Waals surface area (Å²) in [5.74, 6) is -0.213. The molecule has 4 aromatic carbocycles. The fraction of sp³-hybridized carbons (Fsp3) is 0.206. The molecule has 12 heteroatoms. The van der Waals surface area contributed by atoms with Crippen molar-refractivity contribution >= 4 is 29.3 Å². The number of fused-ring (bicyclic) bond motifs is 1. The van der Waals surface area contributed by atoms with Crippen molar-refractivity contribution in [3.8, 4) is 11.4 Å². The highest BCUT2D eigenvalue weighted by molar-refractivity contribution is 7.99. The predicted molar refractivity (Wildman–Crippen MR) is 169 cm³/mol. The van der Waals surface area contributed by atoms with Crippen LogP contribution in [-0.2, 0) is 16.1 Å². The molecular weight excluding hydrogens is 606 g/mol. The van der Waals surface area contributed by atoms with Crippen LogP contribution in [0.25, 0.3) is 5.69 Å². The summed E-state index contributed by atoms with van der Waals surface area (Å²) in [6.45, 7) is 2.00. The van der Waals surface area contributed by atoms with Crippen LogP contribution >= 0.6 is 11.8 Å². The van der Waals surface area contributed by atoms with E-state index in [1.165, 1.54) is 16.7 Å². The lowest BCUT2D eigenvalue weighted by Gasteiger charge is -2.41. The van der Waals surface area contributed by atoms with Crippen molar-refractivity contribution in [2.75, 3.05) is 10.7 Å². The Balaban J connectivity index is 1.18. The fourth-order valence-electron chi connectivity index (χ4n) is 5.73. The largest absolute Gasteiger partial charge is 0.508 e. The van der Waals surface area contributed by atoms with E-state index in [0.717, 1.165) is 11.1 Å². The topological polar surface area (TPSA) is 140 Å². The lowest BCUT2D eigenvalue weighted by Crippen LogP contribution is -2.38. The van der Waals surface area contributed by atoms with Gasteiger partial charge in [0.2, 0.25) is 5.16 Å². The van der Waals surface area contributed by atoms with Gasteiger partial charge in [-0.25, -0.2) is 4.90 Å². The number of imide groups is 1. The number of ether oxygens (including phenoxy) is 2. The van der Waals surface area contributed by atoms with E-state index in [4.69, 9.17) is 9.47 Å². The van der Waals surface area contributed by atoms with Gasteiger partial charge in [-0.15, -0.1) is 5.10 Å². The molecule has 1 fully saturated rings. The molecule has 46 heavy (non-hydrogen) atoms. The fourth-order valence-corrected chi connectivity index (χ4v) is 6.78. The van der Waals surface area contributed by atoms with Gasteiger partial charge < -0.3 is 19.7 Å². The van der Waals surface area contributed by atoms with E-state index in [1.54, 1.807) is 71.4 Å². The van der Waals surface area contributed by atoms with E-state index < -0.39 is 6.29 Å². The lowest BCUT2D eigenvalue weighted by molar-refractivity contribution is -0.268. The molecule has 2 aliphatic rings. The van der Waals surface area contributed by atoms with Gasteiger partial charge in [-0.1, -0.05) is 67.2 Å². The summed E-state index contributed by atoms with van der Waals surface area (Å²) in [4.78, 5) is 27.6. The molecule has 3 heterocycles. The van der Waals surface area contributed by atoms with Crippen molar-refractivity contribution in [1.29, 1.82) is 0 Å². The van der Waals surface area contributed by atoms with Crippen molar-refractivity contribution in [2.45, 2.75) is 37.2 Å². The first-order valence-electron chi connectivity index (χ1n) is 14.7. The number of aliphatic hydroxyl groups is 1. The summed E-state index contributed by atoms with van der Waals surface area (Å²) < 4.78 is 14.8. The number of carbonyl (C=O) groups excluding carboxylic acids is 2. The van der Waals surface area contributed by atoms with Gasteiger partial charge in [0.15, 0.2) is 6.29 Å². The van der Waals surface area contributed by atoms with Crippen molar-refractivity contribution in [3.63, 3.8) is 0 Å². The maximum Gasteiger partial charge on any atom is 0.266 e. The number of phenols is 1. The Morgan fingerprint density at radius 2 is 1.54 bits per heavy atom. The minimum atomic E-state index is -0.812. The number of aromatic nitrogens is 4. The number of rotatable bonds is 8. The molecule has 11 nitrogen and oxygen atoms in total. The van der Waals surface area contributed by atoms with Crippen LogP contribution in [0.4, 0.5) is 5.69 Å². The van der Waals surface area contributed by atoms with E-state index in [2.05, 4.69) is 22.4 Å². The summed E-state index contributed by atoms with van der Waals surface area (Å²) in [5, 5.41) is 32.0. The standard InChI is InChI=1S/C34H29N5O6S/c1-20-29(19-46-34-35-36-37-39(34)24-13-15-26(41)16-14-24)44-33(45-30(20)22-11-9-21(18-40)10-12-22)23-5-4-6-25(17-23)38-31(42)27-7-2-3-8-28(27)32(38)43/h2-17,20,29-30,33,40-41H,18-19H2,1H3/t20-,29+,30+,33+/m1/s1. The molecule has 1 aromatic heterocycles. The molecule has 2 amide bonds. The van der Waals surface area contributed by atoms with Crippen LogP contribution in [0.1, 0.15) is 56.7 Å². The number of amides is 2. The van der Waals surface area contributed by atoms with Gasteiger partial charge in [-0.3, -0.25) is 9.59 Å². The number of hydrogen-bond acceptors (Lipinski definition) is 10. The third-order valence-corrected chi connectivity index (χ3v) is 9.24. The van der Waals surface area contributed by atoms with E-state index >= 15 is 0 Å². The number of aliphatic hydroxyl groups excluding tert-OH is 1. The van der Waals surface area contributed by atoms with Crippen LogP contribution in [0, 0.1) is 5.92 Å². The van der Waals surface area contributed by atoms with Gasteiger partial charge in [-0.05, 0) is 70.1 Å². The number of anilines is 1. The second kappa shape index (κ2) is 12.5. The SMILES string of the molecule is C[C@@H]1[C@H](CSc2nnnn2-c2ccc(O)cc2)O[C@H](c2cccc(N3C(=O)c4ccccc4C3=O)c2)O[C@@H]1c1ccc(CO)cc1. The Morgan fingerprint density at radius 3 is 2.24 bits per heavy atom. The van der Waals surface area contributed by atoms with Crippen LogP contribution in [0.5, 0.6) is 5.75 Å². The molecule has 2 aliphatic heterocycles. The third-order valence-electron chi connectivity index (χ3n) is 8.23. The van der Waals surface area contributed by atoms with Crippen LogP contribution in [0.15, 0.2) is 102 Å². The van der Waals surface area contributed by atoms with E-state index in [-0.39, 0.29) is 42.3 Å². The van der Waals surface area contributed by atoms with Gasteiger partial charge >= 0.3 is 0 Å². The zero-order valence-electron chi connectivity index (χ0n) is 24.6. The highest BCUT2D eigenvalue weighted by atomic mass is 32.2. The van der Waals surface area contributed by atoms with E-state index in [0.29, 0.717) is 39.0 Å². The lowest BCUT2D eigenvalue weighted by atomic mass is 9.91. The molecule has 0 aliphatic carbocycles.